The van der Waals surface area contributed by atoms with Crippen molar-refractivity contribution in [3.8, 4) is 0 Å². The fourth-order valence-electron chi connectivity index (χ4n) is 1.69. The molecule has 2 heterocycles. The van der Waals surface area contributed by atoms with Crippen LogP contribution in [0.3, 0.4) is 0 Å². The fraction of sp³-hybridized carbons (Fsp3) is 0.333. The van der Waals surface area contributed by atoms with E-state index in [1.165, 1.54) is 0 Å². The summed E-state index contributed by atoms with van der Waals surface area (Å²) in [4.78, 5) is 16.2. The van der Waals surface area contributed by atoms with Crippen LogP contribution in [0.25, 0.3) is 5.52 Å². The van der Waals surface area contributed by atoms with Crippen LogP contribution in [0, 0.1) is 12.8 Å². The third kappa shape index (κ3) is 1.54. The second-order valence-corrected chi connectivity index (χ2v) is 4.00. The van der Waals surface area contributed by atoms with Gasteiger partial charge in [0.15, 0.2) is 5.78 Å². The van der Waals surface area contributed by atoms with Crippen LogP contribution in [-0.4, -0.2) is 15.2 Å². The average molecular weight is 202 g/mol. The third-order valence-corrected chi connectivity index (χ3v) is 2.50. The molecule has 0 saturated heterocycles. The summed E-state index contributed by atoms with van der Waals surface area (Å²) in [5, 5.41) is 0. The lowest BCUT2D eigenvalue weighted by Gasteiger charge is -2.08. The Kier molecular flexibility index (Phi) is 2.31. The van der Waals surface area contributed by atoms with Crippen molar-refractivity contribution in [2.45, 2.75) is 20.8 Å². The predicted octanol–water partition coefficient (Wildman–Crippen LogP) is 2.48. The Morgan fingerprint density at radius 3 is 2.80 bits per heavy atom. The summed E-state index contributed by atoms with van der Waals surface area (Å²) in [7, 11) is 0. The number of pyridine rings is 1. The highest BCUT2D eigenvalue weighted by atomic mass is 16.1. The number of carbonyl (C=O) groups excluding carboxylic acids is 1. The van der Waals surface area contributed by atoms with Gasteiger partial charge in [0, 0.05) is 5.92 Å². The van der Waals surface area contributed by atoms with Gasteiger partial charge in [0.2, 0.25) is 0 Å². The van der Waals surface area contributed by atoms with Gasteiger partial charge in [-0.15, -0.1) is 0 Å². The number of fused-ring (bicyclic) bond motifs is 1. The third-order valence-electron chi connectivity index (χ3n) is 2.50. The zero-order valence-electron chi connectivity index (χ0n) is 9.19. The first-order valence-corrected chi connectivity index (χ1v) is 5.08. The van der Waals surface area contributed by atoms with Crippen LogP contribution in [0.2, 0.25) is 0 Å². The number of aryl methyl sites for hydroxylation is 1. The Morgan fingerprint density at radius 1 is 1.40 bits per heavy atom. The van der Waals surface area contributed by atoms with Gasteiger partial charge in [0.25, 0.3) is 0 Å². The van der Waals surface area contributed by atoms with E-state index in [-0.39, 0.29) is 11.7 Å². The minimum atomic E-state index is 0.0115. The second-order valence-electron chi connectivity index (χ2n) is 4.00. The molecule has 2 aromatic rings. The van der Waals surface area contributed by atoms with E-state index >= 15 is 0 Å². The van der Waals surface area contributed by atoms with Crippen molar-refractivity contribution in [2.75, 3.05) is 0 Å². The molecule has 0 bridgehead atoms. The maximum Gasteiger partial charge on any atom is 0.182 e. The minimum absolute atomic E-state index is 0.0115. The molecule has 3 heteroatoms. The maximum absolute atomic E-state index is 12.0. The summed E-state index contributed by atoms with van der Waals surface area (Å²) >= 11 is 0. The topological polar surface area (TPSA) is 34.4 Å². The largest absolute Gasteiger partial charge is 0.294 e. The standard InChI is InChI=1S/C12H14N2O/c1-8(2)12(15)11-6-4-5-10-7-13-9(3)14(10)11/h4-8H,1-3H3. The quantitative estimate of drug-likeness (QED) is 0.701. The van der Waals surface area contributed by atoms with Crippen molar-refractivity contribution in [1.29, 1.82) is 0 Å². The van der Waals surface area contributed by atoms with Gasteiger partial charge >= 0.3 is 0 Å². The maximum atomic E-state index is 12.0. The summed E-state index contributed by atoms with van der Waals surface area (Å²) in [5.41, 5.74) is 1.69. The van der Waals surface area contributed by atoms with Crippen LogP contribution >= 0.6 is 0 Å². The number of hydrogen-bond acceptors (Lipinski definition) is 2. The molecule has 0 unspecified atom stereocenters. The van der Waals surface area contributed by atoms with Crippen molar-refractivity contribution < 1.29 is 4.79 Å². The van der Waals surface area contributed by atoms with Gasteiger partial charge in [-0.1, -0.05) is 19.9 Å². The molecule has 2 rings (SSSR count). The highest BCUT2D eigenvalue weighted by Crippen LogP contribution is 2.14. The van der Waals surface area contributed by atoms with E-state index in [0.717, 1.165) is 17.0 Å². The van der Waals surface area contributed by atoms with Gasteiger partial charge in [-0.3, -0.25) is 9.20 Å². The van der Waals surface area contributed by atoms with E-state index in [9.17, 15) is 4.79 Å². The van der Waals surface area contributed by atoms with Crippen molar-refractivity contribution in [3.05, 3.63) is 35.9 Å². The first-order chi connectivity index (χ1) is 7.11. The smallest absolute Gasteiger partial charge is 0.182 e. The van der Waals surface area contributed by atoms with Crippen molar-refractivity contribution >= 4 is 11.3 Å². The molecule has 0 aliphatic rings. The number of rotatable bonds is 2. The zero-order chi connectivity index (χ0) is 11.0. The summed E-state index contributed by atoms with van der Waals surface area (Å²) in [6, 6.07) is 5.70. The molecule has 0 saturated carbocycles. The summed E-state index contributed by atoms with van der Waals surface area (Å²) < 4.78 is 1.91. The van der Waals surface area contributed by atoms with Gasteiger partial charge in [-0.25, -0.2) is 4.98 Å². The first-order valence-electron chi connectivity index (χ1n) is 5.08. The SMILES string of the molecule is Cc1ncc2cccc(C(=O)C(C)C)n12. The lowest BCUT2D eigenvalue weighted by molar-refractivity contribution is 0.0933. The number of imidazole rings is 1. The zero-order valence-corrected chi connectivity index (χ0v) is 9.19. The average Bonchev–Trinajstić information content (AvgIpc) is 2.59. The molecule has 0 aliphatic heterocycles. The van der Waals surface area contributed by atoms with E-state index in [0.29, 0.717) is 0 Å². The van der Waals surface area contributed by atoms with Crippen LogP contribution in [-0.2, 0) is 0 Å². The molecule has 0 spiro atoms. The second kappa shape index (κ2) is 3.50. The van der Waals surface area contributed by atoms with Crippen LogP contribution < -0.4 is 0 Å². The molecule has 3 nitrogen and oxygen atoms in total. The molecule has 0 N–H and O–H groups in total. The van der Waals surface area contributed by atoms with Gasteiger partial charge in [-0.2, -0.15) is 0 Å². The number of aromatic nitrogens is 2. The molecule has 0 atom stereocenters. The van der Waals surface area contributed by atoms with Crippen molar-refractivity contribution in [1.82, 2.24) is 9.38 Å². The lowest BCUT2D eigenvalue weighted by Crippen LogP contribution is -2.12. The molecule has 0 amide bonds. The van der Waals surface area contributed by atoms with Gasteiger partial charge < -0.3 is 0 Å². The Morgan fingerprint density at radius 2 is 2.13 bits per heavy atom. The number of ketones is 1. The Balaban J connectivity index is 2.70. The van der Waals surface area contributed by atoms with Crippen LogP contribution in [0.4, 0.5) is 0 Å². The number of hydrogen-bond donors (Lipinski definition) is 0. The van der Waals surface area contributed by atoms with Gasteiger partial charge in [0.1, 0.15) is 5.82 Å². The first kappa shape index (κ1) is 9.90. The molecule has 78 valence electrons. The molecular weight excluding hydrogens is 188 g/mol. The Hall–Kier alpha value is -1.64. The monoisotopic (exact) mass is 202 g/mol. The van der Waals surface area contributed by atoms with Gasteiger partial charge in [0.05, 0.1) is 17.4 Å². The fourth-order valence-corrected chi connectivity index (χ4v) is 1.69. The minimum Gasteiger partial charge on any atom is -0.294 e. The normalized spacial score (nSPS) is 11.2. The van der Waals surface area contributed by atoms with E-state index in [1.807, 2.05) is 43.4 Å². The molecular formula is C12H14N2O. The van der Waals surface area contributed by atoms with Crippen molar-refractivity contribution in [2.24, 2.45) is 5.92 Å². The molecule has 0 fully saturated rings. The highest BCUT2D eigenvalue weighted by Gasteiger charge is 2.14. The Labute approximate surface area is 88.8 Å². The van der Waals surface area contributed by atoms with E-state index in [1.54, 1.807) is 6.20 Å². The van der Waals surface area contributed by atoms with Crippen LogP contribution in [0.5, 0.6) is 0 Å². The van der Waals surface area contributed by atoms with Crippen molar-refractivity contribution in [3.63, 3.8) is 0 Å². The highest BCUT2D eigenvalue weighted by molar-refractivity contribution is 5.96. The van der Waals surface area contributed by atoms with Crippen LogP contribution in [0.1, 0.15) is 30.2 Å². The van der Waals surface area contributed by atoms with E-state index in [2.05, 4.69) is 4.98 Å². The molecule has 0 radical (unpaired) electrons. The Bertz CT molecular complexity index is 511. The predicted molar refractivity (Wildman–Crippen MR) is 59.1 cm³/mol. The molecule has 0 aromatic carbocycles. The molecule has 15 heavy (non-hydrogen) atoms. The summed E-state index contributed by atoms with van der Waals surface area (Å²) in [6.07, 6.45) is 1.78. The lowest BCUT2D eigenvalue weighted by atomic mass is 10.1. The van der Waals surface area contributed by atoms with Crippen LogP contribution in [0.15, 0.2) is 24.4 Å². The van der Waals surface area contributed by atoms with Gasteiger partial charge in [-0.05, 0) is 19.1 Å². The summed E-state index contributed by atoms with van der Waals surface area (Å²) in [5.74, 6) is 1.02. The molecule has 0 aliphatic carbocycles. The summed E-state index contributed by atoms with van der Waals surface area (Å²) in [6.45, 7) is 5.73. The van der Waals surface area contributed by atoms with E-state index in [4.69, 9.17) is 0 Å². The van der Waals surface area contributed by atoms with E-state index < -0.39 is 0 Å². The number of Topliss-reactive ketones (excluding diaryl/α,β-unsaturated/α-hetero) is 1. The number of nitrogens with zero attached hydrogens (tertiary/aromatic N) is 2. The number of carbonyl (C=O) groups is 1. The molecule has 2 aromatic heterocycles.